The summed E-state index contributed by atoms with van der Waals surface area (Å²) >= 11 is 0. The molecule has 9 nitrogen and oxygen atoms in total. The summed E-state index contributed by atoms with van der Waals surface area (Å²) in [5.41, 5.74) is 0.507. The van der Waals surface area contributed by atoms with Gasteiger partial charge in [0.1, 0.15) is 6.04 Å². The molecule has 2 atom stereocenters. The average Bonchev–Trinajstić information content (AvgIpc) is 2.71. The van der Waals surface area contributed by atoms with Crippen molar-refractivity contribution in [2.75, 3.05) is 13.7 Å². The predicted molar refractivity (Wildman–Crippen MR) is 113 cm³/mol. The number of amides is 1. The maximum absolute atomic E-state index is 12.6. The van der Waals surface area contributed by atoms with Crippen LogP contribution in [0.4, 0.5) is 0 Å². The number of carboxylic acids is 2. The number of aliphatic carboxylic acids is 2. The van der Waals surface area contributed by atoms with E-state index >= 15 is 0 Å². The first-order valence-corrected chi connectivity index (χ1v) is 10.1. The second-order valence-electron chi connectivity index (χ2n) is 8.18. The van der Waals surface area contributed by atoms with E-state index in [1.807, 2.05) is 13.8 Å². The summed E-state index contributed by atoms with van der Waals surface area (Å²) in [5, 5.41) is 24.0. The molecule has 9 heteroatoms. The molecule has 31 heavy (non-hydrogen) atoms. The van der Waals surface area contributed by atoms with Gasteiger partial charge < -0.3 is 25.6 Å². The zero-order chi connectivity index (χ0) is 23.4. The molecule has 4 N–H and O–H groups in total. The zero-order valence-electron chi connectivity index (χ0n) is 18.2. The Morgan fingerprint density at radius 1 is 1.03 bits per heavy atom. The lowest BCUT2D eigenvalue weighted by molar-refractivity contribution is -0.143. The lowest BCUT2D eigenvalue weighted by Crippen LogP contribution is -2.52. The summed E-state index contributed by atoms with van der Waals surface area (Å²) < 4.78 is 4.64. The third-order valence-corrected chi connectivity index (χ3v) is 5.02. The molecule has 0 aromatic heterocycles. The number of rotatable bonds is 14. The number of carbonyl (C=O) groups is 4. The minimum atomic E-state index is -1.20. The minimum absolute atomic E-state index is 0.0856. The van der Waals surface area contributed by atoms with E-state index in [-0.39, 0.29) is 24.2 Å². The second kappa shape index (κ2) is 12.7. The quantitative estimate of drug-likeness (QED) is 0.322. The van der Waals surface area contributed by atoms with Gasteiger partial charge in [-0.15, -0.1) is 0 Å². The molecule has 172 valence electrons. The molecule has 0 saturated heterocycles. The van der Waals surface area contributed by atoms with Crippen LogP contribution >= 0.6 is 0 Å². The van der Waals surface area contributed by atoms with Gasteiger partial charge in [-0.2, -0.15) is 0 Å². The monoisotopic (exact) mass is 436 g/mol. The molecular weight excluding hydrogens is 404 g/mol. The Morgan fingerprint density at radius 3 is 2.23 bits per heavy atom. The van der Waals surface area contributed by atoms with Crippen LogP contribution < -0.4 is 10.6 Å². The molecule has 0 saturated carbocycles. The third-order valence-electron chi connectivity index (χ3n) is 5.02. The highest BCUT2D eigenvalue weighted by atomic mass is 16.5. The number of nitrogens with one attached hydrogen (secondary N) is 2. The molecule has 1 rings (SSSR count). The van der Waals surface area contributed by atoms with E-state index in [1.165, 1.54) is 7.11 Å². The number of methoxy groups -OCH3 is 1. The van der Waals surface area contributed by atoms with E-state index in [9.17, 15) is 24.3 Å². The van der Waals surface area contributed by atoms with E-state index in [0.717, 1.165) is 5.56 Å². The first kappa shape index (κ1) is 26.1. The Labute approximate surface area is 182 Å². The number of carbonyl (C=O) groups excluding carboxylic acids is 2. The molecule has 0 spiro atoms. The largest absolute Gasteiger partial charge is 0.481 e. The number of benzene rings is 1. The summed E-state index contributed by atoms with van der Waals surface area (Å²) in [6, 6.07) is 6.60. The van der Waals surface area contributed by atoms with E-state index in [0.29, 0.717) is 19.4 Å². The lowest BCUT2D eigenvalue weighted by atomic mass is 9.84. The third kappa shape index (κ3) is 10.6. The van der Waals surface area contributed by atoms with Crippen molar-refractivity contribution in [3.8, 4) is 0 Å². The van der Waals surface area contributed by atoms with Gasteiger partial charge >= 0.3 is 17.9 Å². The Kier molecular flexibility index (Phi) is 10.7. The standard InChI is InChI=1S/C22H32N2O7/c1-22(2,10-9-19(27)31-3)11-12-23-16(14-18(25)26)20(28)24-17(21(29)30)13-15-7-5-4-6-8-15/h4-8,16-17,23H,9-14H2,1-3H3,(H,24,28)(H,25,26)(H,29,30)/t16-,17-/m0/s1. The highest BCUT2D eigenvalue weighted by Crippen LogP contribution is 2.26. The first-order valence-electron chi connectivity index (χ1n) is 10.1. The molecule has 0 fully saturated rings. The van der Waals surface area contributed by atoms with Crippen LogP contribution in [0.2, 0.25) is 0 Å². The average molecular weight is 437 g/mol. The number of carboxylic acid groups (broad SMARTS) is 2. The van der Waals surface area contributed by atoms with Crippen LogP contribution in [0.5, 0.6) is 0 Å². The van der Waals surface area contributed by atoms with Gasteiger partial charge in [0.05, 0.1) is 19.6 Å². The molecule has 1 aromatic carbocycles. The smallest absolute Gasteiger partial charge is 0.326 e. The van der Waals surface area contributed by atoms with Crippen LogP contribution in [0.1, 0.15) is 45.1 Å². The summed E-state index contributed by atoms with van der Waals surface area (Å²) in [6.45, 7) is 4.25. The van der Waals surface area contributed by atoms with Crippen molar-refractivity contribution < 1.29 is 34.1 Å². The maximum Gasteiger partial charge on any atom is 0.326 e. The highest BCUT2D eigenvalue weighted by molar-refractivity contribution is 5.89. The fourth-order valence-corrected chi connectivity index (χ4v) is 3.01. The minimum Gasteiger partial charge on any atom is -0.481 e. The van der Waals surface area contributed by atoms with Crippen LogP contribution in [0.25, 0.3) is 0 Å². The molecule has 1 aromatic rings. The molecule has 0 aliphatic heterocycles. The van der Waals surface area contributed by atoms with E-state index in [1.54, 1.807) is 30.3 Å². The molecule has 1 amide bonds. The van der Waals surface area contributed by atoms with Crippen molar-refractivity contribution in [3.05, 3.63) is 35.9 Å². The van der Waals surface area contributed by atoms with Crippen molar-refractivity contribution in [1.82, 2.24) is 10.6 Å². The van der Waals surface area contributed by atoms with E-state index in [4.69, 9.17) is 5.11 Å². The van der Waals surface area contributed by atoms with Crippen molar-refractivity contribution >= 4 is 23.8 Å². The molecule has 0 unspecified atom stereocenters. The van der Waals surface area contributed by atoms with Gasteiger partial charge in [0.2, 0.25) is 5.91 Å². The Hall–Kier alpha value is -2.94. The second-order valence-corrected chi connectivity index (χ2v) is 8.18. The Balaban J connectivity index is 2.69. The summed E-state index contributed by atoms with van der Waals surface area (Å²) in [5.74, 6) is -3.36. The zero-order valence-corrected chi connectivity index (χ0v) is 18.2. The van der Waals surface area contributed by atoms with Crippen LogP contribution in [-0.4, -0.2) is 59.8 Å². The number of ether oxygens (including phenoxy) is 1. The molecule has 0 aliphatic carbocycles. The number of esters is 1. The SMILES string of the molecule is COC(=O)CCC(C)(C)CCN[C@@H](CC(=O)O)C(=O)N[C@@H](Cc1ccccc1)C(=O)O. The topological polar surface area (TPSA) is 142 Å². The maximum atomic E-state index is 12.6. The highest BCUT2D eigenvalue weighted by Gasteiger charge is 2.28. The van der Waals surface area contributed by atoms with Crippen molar-refractivity contribution in [2.45, 2.75) is 58.0 Å². The van der Waals surface area contributed by atoms with Gasteiger partial charge in [0.15, 0.2) is 0 Å². The van der Waals surface area contributed by atoms with Crippen LogP contribution in [0.15, 0.2) is 30.3 Å². The normalized spacial score (nSPS) is 13.1. The van der Waals surface area contributed by atoms with Crippen LogP contribution in [0.3, 0.4) is 0 Å². The molecule has 0 radical (unpaired) electrons. The van der Waals surface area contributed by atoms with Gasteiger partial charge in [-0.1, -0.05) is 44.2 Å². The van der Waals surface area contributed by atoms with Crippen molar-refractivity contribution in [2.24, 2.45) is 5.41 Å². The molecular formula is C22H32N2O7. The van der Waals surface area contributed by atoms with Crippen LogP contribution in [0, 0.1) is 5.41 Å². The molecule has 0 aliphatic rings. The summed E-state index contributed by atoms with van der Waals surface area (Å²) in [7, 11) is 1.33. The summed E-state index contributed by atoms with van der Waals surface area (Å²) in [6.07, 6.45) is 1.03. The van der Waals surface area contributed by atoms with E-state index < -0.39 is 36.4 Å². The lowest BCUT2D eigenvalue weighted by Gasteiger charge is -2.26. The van der Waals surface area contributed by atoms with Gasteiger partial charge in [0, 0.05) is 12.8 Å². The van der Waals surface area contributed by atoms with Crippen molar-refractivity contribution in [1.29, 1.82) is 0 Å². The first-order chi connectivity index (χ1) is 14.5. The number of hydrogen-bond donors (Lipinski definition) is 4. The van der Waals surface area contributed by atoms with Gasteiger partial charge in [-0.25, -0.2) is 4.79 Å². The van der Waals surface area contributed by atoms with Gasteiger partial charge in [0.25, 0.3) is 0 Å². The summed E-state index contributed by atoms with van der Waals surface area (Å²) in [4.78, 5) is 46.8. The van der Waals surface area contributed by atoms with Gasteiger partial charge in [-0.05, 0) is 30.4 Å². The number of hydrogen-bond acceptors (Lipinski definition) is 6. The fraction of sp³-hybridized carbons (Fsp3) is 0.545. The van der Waals surface area contributed by atoms with Crippen LogP contribution in [-0.2, 0) is 30.3 Å². The Bertz CT molecular complexity index is 749. The predicted octanol–water partition coefficient (Wildman–Crippen LogP) is 1.60. The fourth-order valence-electron chi connectivity index (χ4n) is 3.01. The Morgan fingerprint density at radius 2 is 1.68 bits per heavy atom. The van der Waals surface area contributed by atoms with Crippen molar-refractivity contribution in [3.63, 3.8) is 0 Å². The van der Waals surface area contributed by atoms with E-state index in [2.05, 4.69) is 15.4 Å². The van der Waals surface area contributed by atoms with Gasteiger partial charge in [-0.3, -0.25) is 14.4 Å². The molecule has 0 heterocycles. The molecule has 0 bridgehead atoms.